The van der Waals surface area contributed by atoms with E-state index in [9.17, 15) is 4.79 Å². The minimum absolute atomic E-state index is 0.136. The molecule has 0 N–H and O–H groups in total. The second-order valence-corrected chi connectivity index (χ2v) is 5.45. The fourth-order valence-corrected chi connectivity index (χ4v) is 2.33. The summed E-state index contributed by atoms with van der Waals surface area (Å²) >= 11 is 0. The van der Waals surface area contributed by atoms with Gasteiger partial charge in [-0.25, -0.2) is 0 Å². The van der Waals surface area contributed by atoms with Crippen LogP contribution in [0.25, 0.3) is 0 Å². The number of nitrogens with zero attached hydrogens (tertiary/aromatic N) is 1. The summed E-state index contributed by atoms with van der Waals surface area (Å²) in [5.74, 6) is 1.79. The molecule has 0 saturated carbocycles. The summed E-state index contributed by atoms with van der Waals surface area (Å²) in [6, 6.07) is 15.6. The summed E-state index contributed by atoms with van der Waals surface area (Å²) in [6.07, 6.45) is 1.23. The SMILES string of the molecule is COc1ccc(CCC(=O)N(C)Cc2ccc(OC)cc2)cc1. The number of benzene rings is 2. The Morgan fingerprint density at radius 3 is 1.83 bits per heavy atom. The summed E-state index contributed by atoms with van der Waals surface area (Å²) < 4.78 is 10.3. The number of carbonyl (C=O) groups is 1. The third kappa shape index (κ3) is 5.02. The number of methoxy groups -OCH3 is 2. The van der Waals surface area contributed by atoms with Crippen molar-refractivity contribution < 1.29 is 14.3 Å². The molecule has 0 fully saturated rings. The summed E-state index contributed by atoms with van der Waals surface area (Å²) in [5.41, 5.74) is 2.23. The molecule has 122 valence electrons. The molecular formula is C19H23NO3. The fraction of sp³-hybridized carbons (Fsp3) is 0.316. The zero-order valence-electron chi connectivity index (χ0n) is 13.9. The molecule has 1 amide bonds. The normalized spacial score (nSPS) is 10.2. The van der Waals surface area contributed by atoms with E-state index in [1.807, 2.05) is 55.6 Å². The second-order valence-electron chi connectivity index (χ2n) is 5.45. The smallest absolute Gasteiger partial charge is 0.222 e. The number of hydrogen-bond acceptors (Lipinski definition) is 3. The molecule has 0 bridgehead atoms. The van der Waals surface area contributed by atoms with Gasteiger partial charge in [0, 0.05) is 20.0 Å². The van der Waals surface area contributed by atoms with E-state index in [0.717, 1.165) is 29.0 Å². The molecule has 0 radical (unpaired) electrons. The van der Waals surface area contributed by atoms with Gasteiger partial charge < -0.3 is 14.4 Å². The lowest BCUT2D eigenvalue weighted by Crippen LogP contribution is -2.26. The van der Waals surface area contributed by atoms with Crippen LogP contribution in [0.4, 0.5) is 0 Å². The van der Waals surface area contributed by atoms with Gasteiger partial charge in [-0.15, -0.1) is 0 Å². The van der Waals surface area contributed by atoms with Gasteiger partial charge in [0.25, 0.3) is 0 Å². The van der Waals surface area contributed by atoms with Crippen molar-refractivity contribution in [3.8, 4) is 11.5 Å². The highest BCUT2D eigenvalue weighted by atomic mass is 16.5. The molecular weight excluding hydrogens is 290 g/mol. The molecule has 0 heterocycles. The maximum Gasteiger partial charge on any atom is 0.222 e. The number of ether oxygens (including phenoxy) is 2. The molecule has 4 nitrogen and oxygen atoms in total. The van der Waals surface area contributed by atoms with Crippen molar-refractivity contribution in [1.29, 1.82) is 0 Å². The van der Waals surface area contributed by atoms with Crippen LogP contribution < -0.4 is 9.47 Å². The van der Waals surface area contributed by atoms with E-state index in [4.69, 9.17) is 9.47 Å². The van der Waals surface area contributed by atoms with Gasteiger partial charge in [0.15, 0.2) is 0 Å². The minimum atomic E-state index is 0.136. The van der Waals surface area contributed by atoms with Crippen molar-refractivity contribution >= 4 is 5.91 Å². The van der Waals surface area contributed by atoms with E-state index in [0.29, 0.717) is 13.0 Å². The highest BCUT2D eigenvalue weighted by Gasteiger charge is 2.09. The third-order valence-corrected chi connectivity index (χ3v) is 3.79. The Balaban J connectivity index is 1.83. The van der Waals surface area contributed by atoms with Crippen LogP contribution in [0.1, 0.15) is 17.5 Å². The van der Waals surface area contributed by atoms with E-state index in [1.54, 1.807) is 19.1 Å². The van der Waals surface area contributed by atoms with E-state index in [1.165, 1.54) is 0 Å². The molecule has 0 aliphatic heterocycles. The molecule has 0 unspecified atom stereocenters. The molecule has 23 heavy (non-hydrogen) atoms. The van der Waals surface area contributed by atoms with Crippen LogP contribution in [-0.2, 0) is 17.8 Å². The Hall–Kier alpha value is -2.49. The molecule has 4 heteroatoms. The van der Waals surface area contributed by atoms with Gasteiger partial charge in [-0.05, 0) is 41.8 Å². The Bertz CT molecular complexity index is 620. The quantitative estimate of drug-likeness (QED) is 0.787. The lowest BCUT2D eigenvalue weighted by atomic mass is 10.1. The van der Waals surface area contributed by atoms with Gasteiger partial charge in [0.2, 0.25) is 5.91 Å². The van der Waals surface area contributed by atoms with Gasteiger partial charge in [-0.1, -0.05) is 24.3 Å². The number of aryl methyl sites for hydroxylation is 1. The minimum Gasteiger partial charge on any atom is -0.497 e. The van der Waals surface area contributed by atoms with Crippen LogP contribution in [0.5, 0.6) is 11.5 Å². The van der Waals surface area contributed by atoms with Crippen molar-refractivity contribution in [1.82, 2.24) is 4.90 Å². The maximum absolute atomic E-state index is 12.2. The molecule has 2 aromatic rings. The first-order valence-corrected chi connectivity index (χ1v) is 7.62. The molecule has 0 spiro atoms. The second kappa shape index (κ2) is 8.22. The monoisotopic (exact) mass is 313 g/mol. The van der Waals surface area contributed by atoms with Crippen LogP contribution in [0.3, 0.4) is 0 Å². The van der Waals surface area contributed by atoms with Crippen molar-refractivity contribution in [2.45, 2.75) is 19.4 Å². The maximum atomic E-state index is 12.2. The first kappa shape index (κ1) is 16.9. The highest BCUT2D eigenvalue weighted by Crippen LogP contribution is 2.15. The number of carbonyl (C=O) groups excluding carboxylic acids is 1. The number of rotatable bonds is 7. The van der Waals surface area contributed by atoms with E-state index in [2.05, 4.69) is 0 Å². The lowest BCUT2D eigenvalue weighted by Gasteiger charge is -2.17. The largest absolute Gasteiger partial charge is 0.497 e. The van der Waals surface area contributed by atoms with Crippen LogP contribution >= 0.6 is 0 Å². The van der Waals surface area contributed by atoms with Crippen molar-refractivity contribution in [2.75, 3.05) is 21.3 Å². The summed E-state index contributed by atoms with van der Waals surface area (Å²) in [5, 5.41) is 0. The zero-order chi connectivity index (χ0) is 16.7. The van der Waals surface area contributed by atoms with E-state index in [-0.39, 0.29) is 5.91 Å². The van der Waals surface area contributed by atoms with Gasteiger partial charge in [-0.3, -0.25) is 4.79 Å². The van der Waals surface area contributed by atoms with Crippen molar-refractivity contribution in [2.24, 2.45) is 0 Å². The van der Waals surface area contributed by atoms with Crippen molar-refractivity contribution in [3.05, 3.63) is 59.7 Å². The van der Waals surface area contributed by atoms with Crippen LogP contribution in [0.2, 0.25) is 0 Å². The van der Waals surface area contributed by atoms with Crippen LogP contribution in [0.15, 0.2) is 48.5 Å². The van der Waals surface area contributed by atoms with Gasteiger partial charge in [0.05, 0.1) is 14.2 Å². The Morgan fingerprint density at radius 1 is 0.870 bits per heavy atom. The Morgan fingerprint density at radius 2 is 1.35 bits per heavy atom. The number of hydrogen-bond donors (Lipinski definition) is 0. The lowest BCUT2D eigenvalue weighted by molar-refractivity contribution is -0.130. The number of amides is 1. The fourth-order valence-electron chi connectivity index (χ4n) is 2.33. The Labute approximate surface area is 137 Å². The predicted molar refractivity (Wildman–Crippen MR) is 90.8 cm³/mol. The zero-order valence-corrected chi connectivity index (χ0v) is 13.9. The molecule has 0 atom stereocenters. The summed E-state index contributed by atoms with van der Waals surface area (Å²) in [6.45, 7) is 0.603. The van der Waals surface area contributed by atoms with Gasteiger partial charge in [0.1, 0.15) is 11.5 Å². The molecule has 0 aromatic heterocycles. The van der Waals surface area contributed by atoms with Crippen LogP contribution in [0, 0.1) is 0 Å². The average Bonchev–Trinajstić information content (AvgIpc) is 2.60. The van der Waals surface area contributed by atoms with Gasteiger partial charge in [-0.2, -0.15) is 0 Å². The predicted octanol–water partition coefficient (Wildman–Crippen LogP) is 3.30. The van der Waals surface area contributed by atoms with E-state index < -0.39 is 0 Å². The van der Waals surface area contributed by atoms with Crippen LogP contribution in [-0.4, -0.2) is 32.1 Å². The summed E-state index contributed by atoms with van der Waals surface area (Å²) in [4.78, 5) is 14.0. The molecule has 0 aliphatic rings. The highest BCUT2D eigenvalue weighted by molar-refractivity contribution is 5.76. The first-order valence-electron chi connectivity index (χ1n) is 7.62. The average molecular weight is 313 g/mol. The topological polar surface area (TPSA) is 38.8 Å². The molecule has 2 aromatic carbocycles. The van der Waals surface area contributed by atoms with Crippen molar-refractivity contribution in [3.63, 3.8) is 0 Å². The molecule has 0 aliphatic carbocycles. The van der Waals surface area contributed by atoms with Gasteiger partial charge >= 0.3 is 0 Å². The third-order valence-electron chi connectivity index (χ3n) is 3.79. The molecule has 0 saturated heterocycles. The Kier molecular flexibility index (Phi) is 6.03. The molecule has 2 rings (SSSR count). The van der Waals surface area contributed by atoms with E-state index >= 15 is 0 Å². The summed E-state index contributed by atoms with van der Waals surface area (Å²) in [7, 11) is 5.12. The first-order chi connectivity index (χ1) is 11.1. The standard InChI is InChI=1S/C19H23NO3/c1-20(14-16-6-11-18(23-3)12-7-16)19(21)13-8-15-4-9-17(22-2)10-5-15/h4-7,9-12H,8,13-14H2,1-3H3.